The molecule has 3 heterocycles. The second-order valence-corrected chi connectivity index (χ2v) is 11.0. The third kappa shape index (κ3) is 7.11. The Morgan fingerprint density at radius 1 is 1.07 bits per heavy atom. The zero-order valence-corrected chi connectivity index (χ0v) is 25.8. The number of nitrogens with one attached hydrogen (secondary N) is 2. The lowest BCUT2D eigenvalue weighted by molar-refractivity contribution is -0.155. The fourth-order valence-corrected chi connectivity index (χ4v) is 5.60. The average Bonchev–Trinajstić information content (AvgIpc) is 3.43. The number of carbonyl (C=O) groups excluding carboxylic acids is 3. The number of aromatic nitrogens is 2. The van der Waals surface area contributed by atoms with Crippen LogP contribution in [0.25, 0.3) is 11.3 Å². The van der Waals surface area contributed by atoms with E-state index in [1.807, 2.05) is 0 Å². The maximum atomic E-state index is 14.6. The number of carboxylic acid groups (broad SMARTS) is 1. The second kappa shape index (κ2) is 14.7. The maximum Gasteiger partial charge on any atom is 0.291 e. The molecule has 2 aromatic carbocycles. The van der Waals surface area contributed by atoms with Gasteiger partial charge in [0.05, 0.1) is 29.6 Å². The van der Waals surface area contributed by atoms with Crippen LogP contribution < -0.4 is 15.4 Å². The van der Waals surface area contributed by atoms with Crippen LogP contribution in [0.15, 0.2) is 36.5 Å². The summed E-state index contributed by atoms with van der Waals surface area (Å²) in [4.78, 5) is 54.7. The number of halogens is 3. The largest absolute Gasteiger partial charge is 0.494 e. The molecule has 0 bridgehead atoms. The zero-order chi connectivity index (χ0) is 33.6. The third-order valence-electron chi connectivity index (χ3n) is 7.87. The van der Waals surface area contributed by atoms with Gasteiger partial charge in [0.15, 0.2) is 17.4 Å². The van der Waals surface area contributed by atoms with Crippen LogP contribution in [0.2, 0.25) is 5.02 Å². The molecule has 16 heteroatoms. The summed E-state index contributed by atoms with van der Waals surface area (Å²) in [5, 5.41) is 23.5. The summed E-state index contributed by atoms with van der Waals surface area (Å²) in [5.74, 6) is -3.85. The van der Waals surface area contributed by atoms with Gasteiger partial charge in [0, 0.05) is 44.5 Å². The highest BCUT2D eigenvalue weighted by Gasteiger charge is 2.41. The van der Waals surface area contributed by atoms with Crippen LogP contribution in [0.1, 0.15) is 33.8 Å². The minimum absolute atomic E-state index is 0.0662. The highest BCUT2D eigenvalue weighted by Crippen LogP contribution is 2.30. The first-order chi connectivity index (χ1) is 21.9. The first-order valence-electron chi connectivity index (χ1n) is 14.2. The van der Waals surface area contributed by atoms with Gasteiger partial charge < -0.3 is 40.0 Å². The SMILES string of the molecule is COc1ccc(-c2cnc(C(=O)Nc3ccc(C(=O)N4CCN(C(=O)C5(O)CCNCC5)CC4)c(Cl)c3)n2C)c(F)c1F.O=CO. The molecule has 1 aromatic heterocycles. The Morgan fingerprint density at radius 2 is 1.70 bits per heavy atom. The van der Waals surface area contributed by atoms with E-state index in [4.69, 9.17) is 26.2 Å². The number of hydrogen-bond acceptors (Lipinski definition) is 8. The summed E-state index contributed by atoms with van der Waals surface area (Å²) < 4.78 is 35.0. The highest BCUT2D eigenvalue weighted by atomic mass is 35.5. The van der Waals surface area contributed by atoms with Gasteiger partial charge in [0.25, 0.3) is 24.2 Å². The van der Waals surface area contributed by atoms with E-state index in [1.165, 1.54) is 55.3 Å². The number of piperidine rings is 1. The Hall–Kier alpha value is -4.60. The quantitative estimate of drug-likeness (QED) is 0.290. The van der Waals surface area contributed by atoms with Crippen molar-refractivity contribution in [3.63, 3.8) is 0 Å². The molecule has 4 N–H and O–H groups in total. The predicted molar refractivity (Wildman–Crippen MR) is 163 cm³/mol. The maximum absolute atomic E-state index is 14.6. The lowest BCUT2D eigenvalue weighted by Gasteiger charge is -2.40. The Balaban J connectivity index is 0.00000154. The number of aliphatic hydroxyl groups is 1. The number of ether oxygens (including phenoxy) is 1. The number of methoxy groups -OCH3 is 1. The molecule has 5 rings (SSSR count). The number of amides is 3. The highest BCUT2D eigenvalue weighted by molar-refractivity contribution is 6.34. The smallest absolute Gasteiger partial charge is 0.291 e. The topological polar surface area (TPSA) is 166 Å². The van der Waals surface area contributed by atoms with Crippen LogP contribution >= 0.6 is 11.6 Å². The lowest BCUT2D eigenvalue weighted by Crippen LogP contribution is -2.59. The molecular formula is C30H33ClF2N6O7. The van der Waals surface area contributed by atoms with Crippen LogP contribution in [0.4, 0.5) is 14.5 Å². The zero-order valence-electron chi connectivity index (χ0n) is 25.1. The molecule has 2 fully saturated rings. The minimum atomic E-state index is -1.37. The number of nitrogens with zero attached hydrogens (tertiary/aromatic N) is 4. The van der Waals surface area contributed by atoms with Crippen molar-refractivity contribution >= 4 is 41.5 Å². The van der Waals surface area contributed by atoms with E-state index in [0.29, 0.717) is 44.7 Å². The van der Waals surface area contributed by atoms with Crippen molar-refractivity contribution in [3.8, 4) is 17.0 Å². The van der Waals surface area contributed by atoms with Crippen molar-refractivity contribution in [2.45, 2.75) is 18.4 Å². The van der Waals surface area contributed by atoms with Crippen molar-refractivity contribution < 1.29 is 42.9 Å². The molecule has 0 radical (unpaired) electrons. The third-order valence-corrected chi connectivity index (χ3v) is 8.19. The molecule has 2 aliphatic rings. The number of rotatable bonds is 6. The van der Waals surface area contributed by atoms with Crippen molar-refractivity contribution in [2.75, 3.05) is 51.7 Å². The van der Waals surface area contributed by atoms with E-state index < -0.39 is 23.1 Å². The first-order valence-corrected chi connectivity index (χ1v) is 14.6. The second-order valence-electron chi connectivity index (χ2n) is 10.6. The lowest BCUT2D eigenvalue weighted by atomic mass is 9.90. The first kappa shape index (κ1) is 34.3. The molecule has 0 atom stereocenters. The van der Waals surface area contributed by atoms with Crippen molar-refractivity contribution in [1.82, 2.24) is 24.7 Å². The molecule has 0 aliphatic carbocycles. The molecule has 3 amide bonds. The van der Waals surface area contributed by atoms with Crippen LogP contribution in [0.3, 0.4) is 0 Å². The molecule has 2 aliphatic heterocycles. The summed E-state index contributed by atoms with van der Waals surface area (Å²) >= 11 is 6.43. The molecular weight excluding hydrogens is 630 g/mol. The standard InChI is InChI=1S/C29H31ClF2N6O5.CH2O2/c1-36-21(19-5-6-22(43-2)24(32)23(19)31)16-34-25(36)26(39)35-17-3-4-18(20(30)15-17)27(40)37-11-13-38(14-12-37)28(41)29(42)7-9-33-10-8-29;2-1-3/h3-6,15-16,33,42H,7-14H2,1-2H3,(H,35,39);1H,(H,2,3). The van der Waals surface area contributed by atoms with Gasteiger partial charge in [-0.3, -0.25) is 19.2 Å². The van der Waals surface area contributed by atoms with E-state index in [1.54, 1.807) is 9.80 Å². The Labute approximate surface area is 267 Å². The predicted octanol–water partition coefficient (Wildman–Crippen LogP) is 2.38. The summed E-state index contributed by atoms with van der Waals surface area (Å²) in [6, 6.07) is 7.06. The van der Waals surface area contributed by atoms with Crippen molar-refractivity contribution in [1.29, 1.82) is 0 Å². The van der Waals surface area contributed by atoms with Crippen LogP contribution in [0.5, 0.6) is 5.75 Å². The molecule has 46 heavy (non-hydrogen) atoms. The van der Waals surface area contributed by atoms with Gasteiger partial charge in [-0.1, -0.05) is 11.6 Å². The van der Waals surface area contributed by atoms with Gasteiger partial charge >= 0.3 is 0 Å². The Bertz CT molecular complexity index is 1620. The van der Waals surface area contributed by atoms with Crippen LogP contribution in [-0.2, 0) is 16.6 Å². The normalized spacial score (nSPS) is 15.8. The number of carbonyl (C=O) groups is 4. The molecule has 0 unspecified atom stereocenters. The van der Waals surface area contributed by atoms with E-state index in [0.717, 1.165) is 0 Å². The van der Waals surface area contributed by atoms with E-state index in [-0.39, 0.29) is 64.8 Å². The average molecular weight is 663 g/mol. The number of hydrogen-bond donors (Lipinski definition) is 4. The van der Waals surface area contributed by atoms with Crippen LogP contribution in [-0.4, -0.2) is 106 Å². The Morgan fingerprint density at radius 3 is 2.30 bits per heavy atom. The number of benzene rings is 2. The molecule has 13 nitrogen and oxygen atoms in total. The summed E-state index contributed by atoms with van der Waals surface area (Å²) in [5.41, 5.74) is -0.766. The van der Waals surface area contributed by atoms with Crippen molar-refractivity contribution in [3.05, 3.63) is 64.6 Å². The van der Waals surface area contributed by atoms with Crippen LogP contribution in [0, 0.1) is 11.6 Å². The van der Waals surface area contributed by atoms with E-state index >= 15 is 0 Å². The monoisotopic (exact) mass is 662 g/mol. The Kier molecular flexibility index (Phi) is 10.9. The van der Waals surface area contributed by atoms with Gasteiger partial charge in [0.2, 0.25) is 5.82 Å². The molecule has 0 spiro atoms. The van der Waals surface area contributed by atoms with Gasteiger partial charge in [-0.15, -0.1) is 0 Å². The molecule has 3 aromatic rings. The van der Waals surface area contributed by atoms with Gasteiger partial charge in [0.1, 0.15) is 5.60 Å². The molecule has 0 saturated carbocycles. The summed E-state index contributed by atoms with van der Waals surface area (Å²) in [7, 11) is 2.72. The van der Waals surface area contributed by atoms with Gasteiger partial charge in [-0.05, 0) is 56.3 Å². The summed E-state index contributed by atoms with van der Waals surface area (Å²) in [6.07, 6.45) is 1.96. The van der Waals surface area contributed by atoms with E-state index in [9.17, 15) is 28.3 Å². The number of piperazine rings is 1. The van der Waals surface area contributed by atoms with Crippen molar-refractivity contribution in [2.24, 2.45) is 7.05 Å². The fraction of sp³-hybridized carbons (Fsp3) is 0.367. The minimum Gasteiger partial charge on any atom is -0.494 e. The molecule has 2 saturated heterocycles. The van der Waals surface area contributed by atoms with E-state index in [2.05, 4.69) is 15.6 Å². The number of imidazole rings is 1. The van der Waals surface area contributed by atoms with Gasteiger partial charge in [-0.2, -0.15) is 4.39 Å². The van der Waals surface area contributed by atoms with Gasteiger partial charge in [-0.25, -0.2) is 9.37 Å². The molecule has 246 valence electrons. The summed E-state index contributed by atoms with van der Waals surface area (Å²) in [6.45, 7) is 2.06. The number of anilines is 1. The fourth-order valence-electron chi connectivity index (χ4n) is 5.34.